The van der Waals surface area contributed by atoms with Crippen LogP contribution in [0.3, 0.4) is 0 Å². The number of hydrogen-bond donors (Lipinski definition) is 1. The van der Waals surface area contributed by atoms with Crippen molar-refractivity contribution in [3.8, 4) is 0 Å². The van der Waals surface area contributed by atoms with Crippen LogP contribution in [0.1, 0.15) is 26.3 Å². The summed E-state index contributed by atoms with van der Waals surface area (Å²) in [7, 11) is -4.21. The van der Waals surface area contributed by atoms with Gasteiger partial charge in [-0.15, -0.1) is 0 Å². The lowest BCUT2D eigenvalue weighted by Crippen LogP contribution is -2.62. The molecule has 0 bridgehead atoms. The first kappa shape index (κ1) is 24.7. The van der Waals surface area contributed by atoms with E-state index in [9.17, 15) is 27.9 Å². The molecule has 1 N–H and O–H groups in total. The van der Waals surface area contributed by atoms with Crippen molar-refractivity contribution < 1.29 is 51.0 Å². The molecule has 0 amide bonds. The molecule has 0 saturated carbocycles. The van der Waals surface area contributed by atoms with Crippen LogP contribution in [0.2, 0.25) is 0 Å². The molecule has 0 radical (unpaired) electrons. The first-order valence-electron chi connectivity index (χ1n) is 9.22. The van der Waals surface area contributed by atoms with Crippen molar-refractivity contribution in [1.29, 1.82) is 0 Å². The van der Waals surface area contributed by atoms with E-state index in [4.69, 9.17) is 23.1 Å². The number of carbonyl (C=O) groups excluding carboxylic acids is 3. The molecule has 1 aromatic rings. The van der Waals surface area contributed by atoms with Crippen LogP contribution < -0.4 is 0 Å². The van der Waals surface area contributed by atoms with Crippen molar-refractivity contribution in [3.05, 3.63) is 29.8 Å². The number of ether oxygens (including phenoxy) is 4. The van der Waals surface area contributed by atoms with Crippen LogP contribution in [0.15, 0.2) is 29.2 Å². The van der Waals surface area contributed by atoms with E-state index in [1.54, 1.807) is 19.1 Å². The first-order valence-corrected chi connectivity index (χ1v) is 10.6. The number of rotatable bonds is 7. The molecule has 11 nitrogen and oxygen atoms in total. The maximum atomic E-state index is 12.5. The second-order valence-corrected chi connectivity index (χ2v) is 8.45. The van der Waals surface area contributed by atoms with Gasteiger partial charge in [-0.25, -0.2) is 0 Å². The predicted octanol–water partition coefficient (Wildman–Crippen LogP) is 0.213. The Hall–Kier alpha value is -2.54. The predicted molar refractivity (Wildman–Crippen MR) is 102 cm³/mol. The quantitative estimate of drug-likeness (QED) is 0.338. The molecule has 1 aromatic carbocycles. The molecule has 3 unspecified atom stereocenters. The highest BCUT2D eigenvalue weighted by atomic mass is 32.2. The van der Waals surface area contributed by atoms with Gasteiger partial charge in [0.25, 0.3) is 10.1 Å². The van der Waals surface area contributed by atoms with Gasteiger partial charge in [0, 0.05) is 20.8 Å². The fourth-order valence-corrected chi connectivity index (χ4v) is 3.85. The average molecular weight is 460 g/mol. The SMILES string of the molecule is CC(=O)OC1C(O)OC(COS(=O)(=O)c2ccc(C)cc2)[C@@H](OC(C)=O)[C@@H]1OC(C)=O. The summed E-state index contributed by atoms with van der Waals surface area (Å²) in [5, 5.41) is 10.3. The van der Waals surface area contributed by atoms with E-state index >= 15 is 0 Å². The minimum Gasteiger partial charge on any atom is -0.456 e. The fourth-order valence-electron chi connectivity index (χ4n) is 2.94. The van der Waals surface area contributed by atoms with Crippen molar-refractivity contribution >= 4 is 28.0 Å². The second kappa shape index (κ2) is 10.2. The van der Waals surface area contributed by atoms with Gasteiger partial charge in [0.2, 0.25) is 0 Å². The Bertz CT molecular complexity index is 909. The lowest BCUT2D eigenvalue weighted by Gasteiger charge is -2.42. The molecule has 1 fully saturated rings. The van der Waals surface area contributed by atoms with E-state index in [0.29, 0.717) is 0 Å². The van der Waals surface area contributed by atoms with E-state index in [-0.39, 0.29) is 4.90 Å². The zero-order valence-corrected chi connectivity index (χ0v) is 18.2. The smallest absolute Gasteiger partial charge is 0.303 e. The maximum Gasteiger partial charge on any atom is 0.303 e. The monoisotopic (exact) mass is 460 g/mol. The molecule has 1 saturated heterocycles. The van der Waals surface area contributed by atoms with Crippen LogP contribution in [-0.2, 0) is 47.6 Å². The highest BCUT2D eigenvalue weighted by Gasteiger charge is 2.51. The molecular formula is C19H24O11S. The number of aryl methyl sites for hydroxylation is 1. The molecule has 2 rings (SSSR count). The van der Waals surface area contributed by atoms with Crippen LogP contribution in [0.5, 0.6) is 0 Å². The van der Waals surface area contributed by atoms with E-state index < -0.39 is 65.3 Å². The normalized spacial score (nSPS) is 26.0. The minimum absolute atomic E-state index is 0.118. The van der Waals surface area contributed by atoms with Crippen molar-refractivity contribution in [3.63, 3.8) is 0 Å². The van der Waals surface area contributed by atoms with Gasteiger partial charge in [0.15, 0.2) is 24.6 Å². The molecule has 12 heteroatoms. The molecule has 5 atom stereocenters. The van der Waals surface area contributed by atoms with Crippen LogP contribution >= 0.6 is 0 Å². The zero-order chi connectivity index (χ0) is 23.3. The largest absolute Gasteiger partial charge is 0.456 e. The average Bonchev–Trinajstić information content (AvgIpc) is 2.65. The molecule has 31 heavy (non-hydrogen) atoms. The van der Waals surface area contributed by atoms with Crippen molar-refractivity contribution in [2.45, 2.75) is 63.3 Å². The van der Waals surface area contributed by atoms with E-state index in [2.05, 4.69) is 0 Å². The number of esters is 3. The molecule has 1 aliphatic heterocycles. The number of benzene rings is 1. The van der Waals surface area contributed by atoms with E-state index in [1.165, 1.54) is 12.1 Å². The standard InChI is InChI=1S/C19H24O11S/c1-10-5-7-14(8-6-10)31(24,25)26-9-15-16(27-11(2)20)17(28-12(3)21)18(19(23)30-15)29-13(4)22/h5-8,15-19,23H,9H2,1-4H3/t15?,16-,17+,18?,19?/m1/s1. The first-order chi connectivity index (χ1) is 14.4. The number of aliphatic hydroxyl groups is 1. The second-order valence-electron chi connectivity index (χ2n) is 6.84. The third kappa shape index (κ3) is 6.72. The third-order valence-corrected chi connectivity index (χ3v) is 5.51. The van der Waals surface area contributed by atoms with E-state index in [1.807, 2.05) is 0 Å². The van der Waals surface area contributed by atoms with Crippen LogP contribution in [0, 0.1) is 6.92 Å². The van der Waals surface area contributed by atoms with Crippen molar-refractivity contribution in [2.75, 3.05) is 6.61 Å². The highest BCUT2D eigenvalue weighted by Crippen LogP contribution is 2.29. The Morgan fingerprint density at radius 3 is 1.90 bits per heavy atom. The molecule has 0 spiro atoms. The van der Waals surface area contributed by atoms with Gasteiger partial charge in [0.05, 0.1) is 11.5 Å². The van der Waals surface area contributed by atoms with Gasteiger partial charge in [-0.05, 0) is 19.1 Å². The summed E-state index contributed by atoms with van der Waals surface area (Å²) in [5.41, 5.74) is 0.841. The maximum absolute atomic E-state index is 12.5. The number of hydrogen-bond acceptors (Lipinski definition) is 11. The fraction of sp³-hybridized carbons (Fsp3) is 0.526. The lowest BCUT2D eigenvalue weighted by molar-refractivity contribution is -0.294. The Morgan fingerprint density at radius 1 is 0.903 bits per heavy atom. The summed E-state index contributed by atoms with van der Waals surface area (Å²) >= 11 is 0. The highest BCUT2D eigenvalue weighted by molar-refractivity contribution is 7.86. The minimum atomic E-state index is -4.21. The number of aliphatic hydroxyl groups excluding tert-OH is 1. The Balaban J connectivity index is 2.29. The molecule has 1 aliphatic rings. The lowest BCUT2D eigenvalue weighted by atomic mass is 9.98. The van der Waals surface area contributed by atoms with Crippen LogP contribution in [-0.4, -0.2) is 68.7 Å². The van der Waals surface area contributed by atoms with Gasteiger partial charge >= 0.3 is 17.9 Å². The van der Waals surface area contributed by atoms with Crippen molar-refractivity contribution in [2.24, 2.45) is 0 Å². The summed E-state index contributed by atoms with van der Waals surface area (Å²) < 4.78 is 50.5. The van der Waals surface area contributed by atoms with Crippen LogP contribution in [0.4, 0.5) is 0 Å². The Morgan fingerprint density at radius 2 is 1.39 bits per heavy atom. The Labute approximate surface area is 179 Å². The van der Waals surface area contributed by atoms with Gasteiger partial charge in [-0.1, -0.05) is 17.7 Å². The van der Waals surface area contributed by atoms with Gasteiger partial charge in [-0.2, -0.15) is 8.42 Å². The van der Waals surface area contributed by atoms with Gasteiger partial charge < -0.3 is 24.1 Å². The Kier molecular flexibility index (Phi) is 8.12. The molecule has 0 aromatic heterocycles. The topological polar surface area (TPSA) is 152 Å². The van der Waals surface area contributed by atoms with Crippen LogP contribution in [0.25, 0.3) is 0 Å². The summed E-state index contributed by atoms with van der Waals surface area (Å²) in [5.74, 6) is -2.45. The molecular weight excluding hydrogens is 436 g/mol. The van der Waals surface area contributed by atoms with Gasteiger partial charge in [0.1, 0.15) is 6.10 Å². The number of carbonyl (C=O) groups is 3. The summed E-state index contributed by atoms with van der Waals surface area (Å²) in [4.78, 5) is 34.4. The zero-order valence-electron chi connectivity index (χ0n) is 17.3. The summed E-state index contributed by atoms with van der Waals surface area (Å²) in [6.45, 7) is 4.28. The van der Waals surface area contributed by atoms with E-state index in [0.717, 1.165) is 26.3 Å². The molecule has 1 heterocycles. The van der Waals surface area contributed by atoms with Gasteiger partial charge in [-0.3, -0.25) is 18.6 Å². The molecule has 0 aliphatic carbocycles. The third-order valence-electron chi connectivity index (χ3n) is 4.21. The summed E-state index contributed by atoms with van der Waals surface area (Å²) in [6, 6.07) is 5.87. The molecule has 172 valence electrons. The summed E-state index contributed by atoms with van der Waals surface area (Å²) in [6.07, 6.45) is -7.59. The van der Waals surface area contributed by atoms with Crippen molar-refractivity contribution in [1.82, 2.24) is 0 Å².